The van der Waals surface area contributed by atoms with Crippen molar-refractivity contribution in [2.24, 2.45) is 5.92 Å². The van der Waals surface area contributed by atoms with Gasteiger partial charge in [0.15, 0.2) is 5.78 Å². The molecule has 116 valence electrons. The summed E-state index contributed by atoms with van der Waals surface area (Å²) in [5, 5.41) is 2.66. The normalized spacial score (nSPS) is 15.8. The van der Waals surface area contributed by atoms with Crippen LogP contribution in [0.25, 0.3) is 10.9 Å². The highest BCUT2D eigenvalue weighted by molar-refractivity contribution is 6.00. The molecule has 3 rings (SSSR count). The molecule has 0 bridgehead atoms. The average Bonchev–Trinajstić information content (AvgIpc) is 3.16. The van der Waals surface area contributed by atoms with Crippen LogP contribution < -0.4 is 5.32 Å². The van der Waals surface area contributed by atoms with Gasteiger partial charge in [0.25, 0.3) is 5.91 Å². The predicted molar refractivity (Wildman–Crippen MR) is 77.5 cm³/mol. The van der Waals surface area contributed by atoms with Crippen LogP contribution in [0, 0.1) is 17.6 Å². The van der Waals surface area contributed by atoms with Gasteiger partial charge in [0.05, 0.1) is 11.6 Å². The number of carbonyl (C=O) groups excluding carboxylic acids is 2. The third-order valence-electron chi connectivity index (χ3n) is 4.00. The summed E-state index contributed by atoms with van der Waals surface area (Å²) in [5.41, 5.74) is -0.00670. The number of ketones is 1. The molecular weight excluding hydrogens is 290 g/mol. The standard InChI is InChI=1S/C16H16F2N2O2/c1-8(21)13(6-9-2-3-9)20-16(22)14-7-10-11(17)4-5-12(18)15(10)19-14/h4-5,7,9,13,19H,2-3,6H2,1H3,(H,20,22). The summed E-state index contributed by atoms with van der Waals surface area (Å²) in [6.45, 7) is 1.43. The van der Waals surface area contributed by atoms with E-state index in [0.717, 1.165) is 25.0 Å². The Morgan fingerprint density at radius 2 is 2.00 bits per heavy atom. The van der Waals surface area contributed by atoms with Gasteiger partial charge in [0.2, 0.25) is 0 Å². The number of benzene rings is 1. The van der Waals surface area contributed by atoms with Crippen molar-refractivity contribution in [1.29, 1.82) is 0 Å². The maximum atomic E-state index is 13.6. The number of amides is 1. The van der Waals surface area contributed by atoms with Crippen molar-refractivity contribution in [3.8, 4) is 0 Å². The Labute approximate surface area is 125 Å². The molecule has 4 nitrogen and oxygen atoms in total. The van der Waals surface area contributed by atoms with Crippen LogP contribution in [0.2, 0.25) is 0 Å². The molecule has 1 aromatic carbocycles. The first kappa shape index (κ1) is 14.7. The molecule has 1 atom stereocenters. The first-order chi connectivity index (χ1) is 10.5. The number of aromatic nitrogens is 1. The molecule has 1 heterocycles. The second-order valence-corrected chi connectivity index (χ2v) is 5.82. The largest absolute Gasteiger partial charge is 0.348 e. The molecule has 1 aliphatic rings. The van der Waals surface area contributed by atoms with Gasteiger partial charge in [0.1, 0.15) is 17.3 Å². The zero-order chi connectivity index (χ0) is 15.9. The maximum Gasteiger partial charge on any atom is 0.268 e. The van der Waals surface area contributed by atoms with Crippen molar-refractivity contribution >= 4 is 22.6 Å². The molecule has 1 amide bonds. The van der Waals surface area contributed by atoms with Gasteiger partial charge in [-0.15, -0.1) is 0 Å². The van der Waals surface area contributed by atoms with E-state index in [1.807, 2.05) is 0 Å². The van der Waals surface area contributed by atoms with E-state index in [9.17, 15) is 18.4 Å². The Bertz CT molecular complexity index is 711. The van der Waals surface area contributed by atoms with Crippen LogP contribution in [0.4, 0.5) is 8.78 Å². The highest BCUT2D eigenvalue weighted by Gasteiger charge is 2.29. The number of H-pyrrole nitrogens is 1. The van der Waals surface area contributed by atoms with Crippen molar-refractivity contribution in [3.05, 3.63) is 35.5 Å². The van der Waals surface area contributed by atoms with Crippen LogP contribution in [0.1, 0.15) is 36.7 Å². The fraction of sp³-hybridized carbons (Fsp3) is 0.375. The van der Waals surface area contributed by atoms with Crippen molar-refractivity contribution in [2.75, 3.05) is 0 Å². The van der Waals surface area contributed by atoms with Crippen molar-refractivity contribution in [3.63, 3.8) is 0 Å². The molecule has 6 heteroatoms. The monoisotopic (exact) mass is 306 g/mol. The number of Topliss-reactive ketones (excluding diaryl/α,β-unsaturated/α-hetero) is 1. The minimum absolute atomic E-state index is 0.0201. The third kappa shape index (κ3) is 2.86. The third-order valence-corrected chi connectivity index (χ3v) is 4.00. The minimum Gasteiger partial charge on any atom is -0.348 e. The fourth-order valence-electron chi connectivity index (χ4n) is 2.52. The smallest absolute Gasteiger partial charge is 0.268 e. The van der Waals surface area contributed by atoms with Crippen molar-refractivity contribution in [2.45, 2.75) is 32.2 Å². The topological polar surface area (TPSA) is 62.0 Å². The molecule has 1 fully saturated rings. The number of carbonyl (C=O) groups is 2. The Balaban J connectivity index is 1.83. The van der Waals surface area contributed by atoms with Crippen LogP contribution in [0.5, 0.6) is 0 Å². The van der Waals surface area contributed by atoms with E-state index in [-0.39, 0.29) is 22.4 Å². The lowest BCUT2D eigenvalue weighted by Crippen LogP contribution is -2.40. The quantitative estimate of drug-likeness (QED) is 0.892. The van der Waals surface area contributed by atoms with Gasteiger partial charge in [-0.3, -0.25) is 9.59 Å². The fourth-order valence-corrected chi connectivity index (χ4v) is 2.52. The van der Waals surface area contributed by atoms with Crippen LogP contribution in [-0.4, -0.2) is 22.7 Å². The lowest BCUT2D eigenvalue weighted by atomic mass is 10.1. The number of rotatable bonds is 5. The van der Waals surface area contributed by atoms with E-state index in [1.165, 1.54) is 13.0 Å². The average molecular weight is 306 g/mol. The van der Waals surface area contributed by atoms with E-state index >= 15 is 0 Å². The second-order valence-electron chi connectivity index (χ2n) is 5.82. The zero-order valence-electron chi connectivity index (χ0n) is 12.1. The summed E-state index contributed by atoms with van der Waals surface area (Å²) in [5.74, 6) is -1.40. The van der Waals surface area contributed by atoms with Crippen molar-refractivity contribution in [1.82, 2.24) is 10.3 Å². The summed E-state index contributed by atoms with van der Waals surface area (Å²) in [6, 6.07) is 2.72. The van der Waals surface area contributed by atoms with E-state index in [0.29, 0.717) is 12.3 Å². The summed E-state index contributed by atoms with van der Waals surface area (Å²) in [6.07, 6.45) is 2.76. The molecule has 0 aliphatic heterocycles. The summed E-state index contributed by atoms with van der Waals surface area (Å²) in [7, 11) is 0. The molecule has 1 unspecified atom stereocenters. The summed E-state index contributed by atoms with van der Waals surface area (Å²) in [4.78, 5) is 26.4. The Kier molecular flexibility index (Phi) is 3.68. The Morgan fingerprint density at radius 1 is 1.32 bits per heavy atom. The molecule has 1 aliphatic carbocycles. The highest BCUT2D eigenvalue weighted by Crippen LogP contribution is 2.33. The molecule has 2 N–H and O–H groups in total. The van der Waals surface area contributed by atoms with E-state index < -0.39 is 23.6 Å². The second kappa shape index (κ2) is 5.51. The lowest BCUT2D eigenvalue weighted by Gasteiger charge is -2.14. The van der Waals surface area contributed by atoms with Gasteiger partial charge in [0, 0.05) is 5.39 Å². The predicted octanol–water partition coefficient (Wildman–Crippen LogP) is 2.93. The summed E-state index contributed by atoms with van der Waals surface area (Å²) >= 11 is 0. The van der Waals surface area contributed by atoms with Crippen LogP contribution in [-0.2, 0) is 4.79 Å². The van der Waals surface area contributed by atoms with Gasteiger partial charge >= 0.3 is 0 Å². The molecular formula is C16H16F2N2O2. The molecule has 0 radical (unpaired) electrons. The maximum absolute atomic E-state index is 13.6. The van der Waals surface area contributed by atoms with Crippen LogP contribution in [0.15, 0.2) is 18.2 Å². The molecule has 1 saturated carbocycles. The Morgan fingerprint density at radius 3 is 2.59 bits per heavy atom. The SMILES string of the molecule is CC(=O)C(CC1CC1)NC(=O)c1cc2c(F)ccc(F)c2[nH]1. The van der Waals surface area contributed by atoms with Gasteiger partial charge < -0.3 is 10.3 Å². The molecule has 1 aromatic heterocycles. The highest BCUT2D eigenvalue weighted by atomic mass is 19.1. The van der Waals surface area contributed by atoms with Gasteiger partial charge in [-0.2, -0.15) is 0 Å². The number of hydrogen-bond donors (Lipinski definition) is 2. The number of aromatic amines is 1. The van der Waals surface area contributed by atoms with Crippen molar-refractivity contribution < 1.29 is 18.4 Å². The zero-order valence-corrected chi connectivity index (χ0v) is 12.1. The van der Waals surface area contributed by atoms with Gasteiger partial charge in [-0.1, -0.05) is 12.8 Å². The number of halogens is 2. The van der Waals surface area contributed by atoms with Gasteiger partial charge in [-0.25, -0.2) is 8.78 Å². The number of hydrogen-bond acceptors (Lipinski definition) is 2. The molecule has 0 spiro atoms. The van der Waals surface area contributed by atoms with Crippen LogP contribution >= 0.6 is 0 Å². The number of nitrogens with one attached hydrogen (secondary N) is 2. The molecule has 22 heavy (non-hydrogen) atoms. The lowest BCUT2D eigenvalue weighted by molar-refractivity contribution is -0.119. The minimum atomic E-state index is -0.628. The van der Waals surface area contributed by atoms with E-state index in [2.05, 4.69) is 10.3 Å². The summed E-state index contributed by atoms with van der Waals surface area (Å²) < 4.78 is 27.3. The Hall–Kier alpha value is -2.24. The van der Waals surface area contributed by atoms with Gasteiger partial charge in [-0.05, 0) is 37.5 Å². The first-order valence-electron chi connectivity index (χ1n) is 7.23. The molecule has 2 aromatic rings. The molecule has 0 saturated heterocycles. The first-order valence-corrected chi connectivity index (χ1v) is 7.23. The van der Waals surface area contributed by atoms with E-state index in [4.69, 9.17) is 0 Å². The van der Waals surface area contributed by atoms with E-state index in [1.54, 1.807) is 0 Å². The number of fused-ring (bicyclic) bond motifs is 1. The van der Waals surface area contributed by atoms with Crippen LogP contribution in [0.3, 0.4) is 0 Å².